The summed E-state index contributed by atoms with van der Waals surface area (Å²) in [5, 5.41) is 0. The van der Waals surface area contributed by atoms with Gasteiger partial charge in [-0.05, 0) is 80.0 Å². The van der Waals surface area contributed by atoms with Crippen LogP contribution in [0.25, 0.3) is 0 Å². The molecular formula is C27H37NO5. The molecule has 0 bridgehead atoms. The first-order chi connectivity index (χ1) is 15.9. The minimum Gasteiger partial charge on any atom is -0.493 e. The van der Waals surface area contributed by atoms with E-state index < -0.39 is 0 Å². The maximum Gasteiger partial charge on any atom is 0.310 e. The summed E-state index contributed by atoms with van der Waals surface area (Å²) >= 11 is 0. The quantitative estimate of drug-likeness (QED) is 0.502. The van der Waals surface area contributed by atoms with Crippen LogP contribution in [-0.2, 0) is 20.7 Å². The lowest BCUT2D eigenvalue weighted by Crippen LogP contribution is -2.51. The lowest BCUT2D eigenvalue weighted by atomic mass is 9.53. The van der Waals surface area contributed by atoms with Gasteiger partial charge in [0.15, 0.2) is 11.5 Å². The standard InChI is InChI=1S/C27H37NO5/c1-16-18-11-22(31-4)21(30-3)10-17(18)6-9-28(16)14-20-19-12-24-26(2,13-23(19)33-25(20)29)7-5-8-27(24)15-32-27/h10-11,16,19-20,23-24H,5-9,12-15H2,1-4H3/t16-,19+,20+,23+,24-,26+,27+/m0/s1. The van der Waals surface area contributed by atoms with E-state index in [0.717, 1.165) is 50.5 Å². The van der Waals surface area contributed by atoms with Gasteiger partial charge < -0.3 is 18.9 Å². The second-order valence-corrected chi connectivity index (χ2v) is 11.4. The highest BCUT2D eigenvalue weighted by atomic mass is 16.6. The fourth-order valence-corrected chi connectivity index (χ4v) is 7.86. The zero-order valence-electron chi connectivity index (χ0n) is 20.4. The first-order valence-electron chi connectivity index (χ1n) is 12.7. The molecule has 6 nitrogen and oxygen atoms in total. The van der Waals surface area contributed by atoms with Gasteiger partial charge in [0.25, 0.3) is 0 Å². The molecule has 1 aromatic rings. The molecule has 0 radical (unpaired) electrons. The van der Waals surface area contributed by atoms with Gasteiger partial charge in [-0.25, -0.2) is 0 Å². The Bertz CT molecular complexity index is 958. The maximum atomic E-state index is 13.1. The molecule has 2 aliphatic carbocycles. The molecule has 0 unspecified atom stereocenters. The maximum absolute atomic E-state index is 13.1. The first kappa shape index (κ1) is 21.7. The summed E-state index contributed by atoms with van der Waals surface area (Å²) < 4.78 is 23.2. The van der Waals surface area contributed by atoms with Crippen LogP contribution in [0.15, 0.2) is 12.1 Å². The predicted octanol–water partition coefficient (Wildman–Crippen LogP) is 4.15. The average molecular weight is 456 g/mol. The van der Waals surface area contributed by atoms with E-state index in [2.05, 4.69) is 30.9 Å². The molecule has 180 valence electrons. The van der Waals surface area contributed by atoms with Crippen LogP contribution in [0.3, 0.4) is 0 Å². The fraction of sp³-hybridized carbons (Fsp3) is 0.741. The molecule has 0 amide bonds. The smallest absolute Gasteiger partial charge is 0.310 e. The summed E-state index contributed by atoms with van der Waals surface area (Å²) in [6.45, 7) is 7.29. The second-order valence-electron chi connectivity index (χ2n) is 11.4. The van der Waals surface area contributed by atoms with E-state index in [9.17, 15) is 4.79 Å². The summed E-state index contributed by atoms with van der Waals surface area (Å²) in [6.07, 6.45) is 6.77. The average Bonchev–Trinajstić information content (AvgIpc) is 3.51. The van der Waals surface area contributed by atoms with Crippen molar-refractivity contribution in [2.75, 3.05) is 33.9 Å². The Morgan fingerprint density at radius 2 is 1.94 bits per heavy atom. The SMILES string of the molecule is COc1cc2c(cc1OC)[C@H](C)N(C[C@H]1C(=O)O[C@@H]3C[C@@]4(C)CCC[C@@]5(CO5)[C@H]4C[C@@H]31)CC2. The lowest BCUT2D eigenvalue weighted by molar-refractivity contribution is -0.147. The summed E-state index contributed by atoms with van der Waals surface area (Å²) in [5.41, 5.74) is 2.93. The van der Waals surface area contributed by atoms with E-state index in [1.165, 1.54) is 30.4 Å². The number of hydrogen-bond donors (Lipinski definition) is 0. The Hall–Kier alpha value is -1.79. The van der Waals surface area contributed by atoms with E-state index in [1.807, 2.05) is 0 Å². The Morgan fingerprint density at radius 1 is 1.18 bits per heavy atom. The van der Waals surface area contributed by atoms with Crippen LogP contribution < -0.4 is 9.47 Å². The van der Waals surface area contributed by atoms with Crippen molar-refractivity contribution in [3.8, 4) is 11.5 Å². The highest BCUT2D eigenvalue weighted by Crippen LogP contribution is 2.63. The largest absolute Gasteiger partial charge is 0.493 e. The van der Waals surface area contributed by atoms with Gasteiger partial charge in [0.2, 0.25) is 0 Å². The van der Waals surface area contributed by atoms with Crippen molar-refractivity contribution in [3.63, 3.8) is 0 Å². The molecule has 1 spiro atoms. The number of hydrogen-bond acceptors (Lipinski definition) is 6. The molecule has 2 saturated heterocycles. The molecule has 0 aromatic heterocycles. The number of methoxy groups -OCH3 is 2. The third-order valence-electron chi connectivity index (χ3n) is 9.82. The number of fused-ring (bicyclic) bond motifs is 4. The van der Waals surface area contributed by atoms with Crippen LogP contribution >= 0.6 is 0 Å². The highest BCUT2D eigenvalue weighted by molar-refractivity contribution is 5.75. The van der Waals surface area contributed by atoms with Crippen LogP contribution in [0, 0.1) is 23.2 Å². The zero-order valence-corrected chi connectivity index (χ0v) is 20.4. The molecule has 33 heavy (non-hydrogen) atoms. The first-order valence-corrected chi connectivity index (χ1v) is 12.7. The fourth-order valence-electron chi connectivity index (χ4n) is 7.86. The Morgan fingerprint density at radius 3 is 2.67 bits per heavy atom. The third kappa shape index (κ3) is 3.31. The number of ether oxygens (including phenoxy) is 4. The van der Waals surface area contributed by atoms with Crippen molar-refractivity contribution in [2.45, 2.75) is 70.1 Å². The molecule has 0 N–H and O–H groups in total. The summed E-state index contributed by atoms with van der Waals surface area (Å²) in [4.78, 5) is 15.6. The van der Waals surface area contributed by atoms with E-state index in [0.29, 0.717) is 11.8 Å². The molecule has 2 saturated carbocycles. The Kier molecular flexibility index (Phi) is 5.01. The van der Waals surface area contributed by atoms with Crippen LogP contribution in [0.5, 0.6) is 11.5 Å². The van der Waals surface area contributed by atoms with Crippen molar-refractivity contribution < 1.29 is 23.7 Å². The van der Waals surface area contributed by atoms with Crippen molar-refractivity contribution in [1.82, 2.24) is 4.90 Å². The van der Waals surface area contributed by atoms with E-state index in [1.54, 1.807) is 14.2 Å². The van der Waals surface area contributed by atoms with Gasteiger partial charge in [-0.1, -0.05) is 6.92 Å². The summed E-state index contributed by atoms with van der Waals surface area (Å²) in [5.74, 6) is 2.41. The van der Waals surface area contributed by atoms with Gasteiger partial charge in [0.05, 0.1) is 32.3 Å². The second kappa shape index (κ2) is 7.61. The molecule has 6 rings (SSSR count). The number of nitrogens with zero attached hydrogens (tertiary/aromatic N) is 1. The van der Waals surface area contributed by atoms with Crippen LogP contribution in [0.4, 0.5) is 0 Å². The molecule has 5 aliphatic rings. The topological polar surface area (TPSA) is 60.5 Å². The number of benzene rings is 1. The summed E-state index contributed by atoms with van der Waals surface area (Å²) in [6, 6.07) is 4.45. The van der Waals surface area contributed by atoms with E-state index in [-0.39, 0.29) is 35.0 Å². The molecule has 1 aromatic carbocycles. The van der Waals surface area contributed by atoms with Crippen LogP contribution in [-0.4, -0.2) is 56.5 Å². The minimum atomic E-state index is -0.0404. The molecule has 3 heterocycles. The van der Waals surface area contributed by atoms with Gasteiger partial charge in [-0.15, -0.1) is 0 Å². The van der Waals surface area contributed by atoms with Crippen molar-refractivity contribution in [1.29, 1.82) is 0 Å². The molecular weight excluding hydrogens is 418 g/mol. The summed E-state index contributed by atoms with van der Waals surface area (Å²) in [7, 11) is 3.37. The van der Waals surface area contributed by atoms with Gasteiger partial charge in [0, 0.05) is 25.0 Å². The number of carbonyl (C=O) groups excluding carboxylic acids is 1. The zero-order chi connectivity index (χ0) is 23.0. The molecule has 4 fully saturated rings. The van der Waals surface area contributed by atoms with Crippen LogP contribution in [0.2, 0.25) is 0 Å². The predicted molar refractivity (Wildman–Crippen MR) is 123 cm³/mol. The molecule has 3 aliphatic heterocycles. The van der Waals surface area contributed by atoms with Crippen molar-refractivity contribution >= 4 is 5.97 Å². The van der Waals surface area contributed by atoms with E-state index in [4.69, 9.17) is 18.9 Å². The van der Waals surface area contributed by atoms with Crippen LogP contribution in [0.1, 0.15) is 63.1 Å². The highest BCUT2D eigenvalue weighted by Gasteiger charge is 2.65. The van der Waals surface area contributed by atoms with Gasteiger partial charge in [0.1, 0.15) is 6.10 Å². The van der Waals surface area contributed by atoms with Gasteiger partial charge in [-0.2, -0.15) is 0 Å². The Balaban J connectivity index is 1.22. The Labute approximate surface area is 196 Å². The molecule has 6 heteroatoms. The molecule has 7 atom stereocenters. The normalized spacial score (nSPS) is 41.7. The third-order valence-corrected chi connectivity index (χ3v) is 9.82. The van der Waals surface area contributed by atoms with Crippen molar-refractivity contribution in [2.24, 2.45) is 23.2 Å². The minimum absolute atomic E-state index is 0.0170. The monoisotopic (exact) mass is 455 g/mol. The van der Waals surface area contributed by atoms with Gasteiger partial charge in [-0.3, -0.25) is 9.69 Å². The van der Waals surface area contributed by atoms with Crippen molar-refractivity contribution in [3.05, 3.63) is 23.3 Å². The number of esters is 1. The number of rotatable bonds is 4. The number of epoxide rings is 1. The van der Waals surface area contributed by atoms with Gasteiger partial charge >= 0.3 is 5.97 Å². The lowest BCUT2D eigenvalue weighted by Gasteiger charge is -2.51. The number of carbonyl (C=O) groups is 1. The van der Waals surface area contributed by atoms with E-state index >= 15 is 0 Å².